The summed E-state index contributed by atoms with van der Waals surface area (Å²) in [6.07, 6.45) is -6.63. The van der Waals surface area contributed by atoms with E-state index in [-0.39, 0.29) is 48.0 Å². The van der Waals surface area contributed by atoms with Gasteiger partial charge in [-0.05, 0) is 37.1 Å². The zero-order chi connectivity index (χ0) is 26.1. The lowest BCUT2D eigenvalue weighted by molar-refractivity contribution is -0.187. The van der Waals surface area contributed by atoms with Crippen LogP contribution in [0.15, 0.2) is 41.2 Å². The van der Waals surface area contributed by atoms with Crippen LogP contribution in [0.5, 0.6) is 0 Å². The molecule has 0 spiro atoms. The average molecular weight is 514 g/mol. The molecule has 1 saturated heterocycles. The van der Waals surface area contributed by atoms with Gasteiger partial charge in [0.05, 0.1) is 17.3 Å². The van der Waals surface area contributed by atoms with E-state index in [1.807, 2.05) is 0 Å². The van der Waals surface area contributed by atoms with E-state index in [2.05, 4.69) is 29.9 Å². The van der Waals surface area contributed by atoms with Crippen molar-refractivity contribution in [1.82, 2.24) is 25.0 Å². The summed E-state index contributed by atoms with van der Waals surface area (Å²) in [5.41, 5.74) is 0.899. The SMILES string of the molecule is O=C(Nc1ccnc(-c2cc(-c3noc(C(F)(F)F)n3)ccn2)c1)C1CCCN(C(=O)C(F)(F)F)C1. The normalized spacial score (nSPS) is 16.6. The van der Waals surface area contributed by atoms with Gasteiger partial charge >= 0.3 is 24.2 Å². The molecule has 3 aromatic rings. The van der Waals surface area contributed by atoms with Crippen LogP contribution in [-0.2, 0) is 15.8 Å². The number of nitrogens with one attached hydrogen (secondary N) is 1. The molecule has 0 aliphatic carbocycles. The topological polar surface area (TPSA) is 114 Å². The second-order valence-electron chi connectivity index (χ2n) is 7.86. The van der Waals surface area contributed by atoms with Crippen LogP contribution in [0, 0.1) is 5.92 Å². The molecule has 0 radical (unpaired) electrons. The molecule has 1 aliphatic rings. The number of aromatic nitrogens is 4. The molecule has 3 aromatic heterocycles. The summed E-state index contributed by atoms with van der Waals surface area (Å²) in [6.45, 7) is -0.454. The van der Waals surface area contributed by atoms with Crippen molar-refractivity contribution in [2.24, 2.45) is 5.92 Å². The Morgan fingerprint density at radius 3 is 2.39 bits per heavy atom. The lowest BCUT2D eigenvalue weighted by Gasteiger charge is -2.32. The molecular weight excluding hydrogens is 498 g/mol. The van der Waals surface area contributed by atoms with Crippen LogP contribution in [0.2, 0.25) is 0 Å². The standard InChI is InChI=1S/C21H16F6N6O3/c22-20(23,24)18-31-16(32-36-18)11-3-5-28-14(8-11)15-9-13(4-6-29-15)30-17(34)12-2-1-7-33(10-12)19(35)21(25,26)27/h3-6,8-9,12H,1-2,7,10H2,(H,29,30,34). The van der Waals surface area contributed by atoms with Gasteiger partial charge in [0.15, 0.2) is 0 Å². The summed E-state index contributed by atoms with van der Waals surface area (Å²) in [6, 6.07) is 5.63. The van der Waals surface area contributed by atoms with E-state index in [4.69, 9.17) is 0 Å². The van der Waals surface area contributed by atoms with E-state index < -0.39 is 36.0 Å². The number of rotatable bonds is 4. The average Bonchev–Trinajstić information content (AvgIpc) is 3.35. The highest BCUT2D eigenvalue weighted by molar-refractivity contribution is 5.93. The molecule has 190 valence electrons. The molecule has 2 amide bonds. The Morgan fingerprint density at radius 1 is 1.03 bits per heavy atom. The Hall–Kier alpha value is -4.04. The van der Waals surface area contributed by atoms with E-state index >= 15 is 0 Å². The van der Waals surface area contributed by atoms with Crippen molar-refractivity contribution in [2.45, 2.75) is 25.2 Å². The lowest BCUT2D eigenvalue weighted by Crippen LogP contribution is -2.48. The van der Waals surface area contributed by atoms with Crippen LogP contribution >= 0.6 is 0 Å². The number of halogens is 6. The summed E-state index contributed by atoms with van der Waals surface area (Å²) < 4.78 is 80.6. The predicted octanol–water partition coefficient (Wildman–Crippen LogP) is 3.95. The number of carbonyl (C=O) groups is 2. The second kappa shape index (κ2) is 9.54. The smallest absolute Gasteiger partial charge is 0.334 e. The van der Waals surface area contributed by atoms with Gasteiger partial charge in [0.1, 0.15) is 0 Å². The highest BCUT2D eigenvalue weighted by Crippen LogP contribution is 2.30. The molecule has 1 fully saturated rings. The number of anilines is 1. The first-order chi connectivity index (χ1) is 16.9. The molecule has 9 nitrogen and oxygen atoms in total. The maximum absolute atomic E-state index is 12.7. The van der Waals surface area contributed by atoms with Gasteiger partial charge in [-0.3, -0.25) is 19.6 Å². The van der Waals surface area contributed by atoms with Gasteiger partial charge in [-0.1, -0.05) is 5.16 Å². The zero-order valence-electron chi connectivity index (χ0n) is 18.1. The minimum atomic E-state index is -5.02. The van der Waals surface area contributed by atoms with Crippen LogP contribution in [-0.4, -0.2) is 56.1 Å². The third-order valence-electron chi connectivity index (χ3n) is 5.30. The predicted molar refractivity (Wildman–Crippen MR) is 110 cm³/mol. The van der Waals surface area contributed by atoms with Gasteiger partial charge in [0.2, 0.25) is 11.7 Å². The molecule has 0 aromatic carbocycles. The Kier molecular flexibility index (Phi) is 6.65. The van der Waals surface area contributed by atoms with Gasteiger partial charge in [-0.25, -0.2) is 0 Å². The molecule has 1 unspecified atom stereocenters. The number of hydrogen-bond acceptors (Lipinski definition) is 7. The van der Waals surface area contributed by atoms with E-state index in [1.165, 1.54) is 36.7 Å². The summed E-state index contributed by atoms with van der Waals surface area (Å²) in [5.74, 6) is -5.21. The molecule has 15 heteroatoms. The van der Waals surface area contributed by atoms with Crippen LogP contribution in [0.25, 0.3) is 22.8 Å². The van der Waals surface area contributed by atoms with Crippen LogP contribution in [0.3, 0.4) is 0 Å². The van der Waals surface area contributed by atoms with Gasteiger partial charge in [-0.2, -0.15) is 31.3 Å². The third-order valence-corrected chi connectivity index (χ3v) is 5.30. The maximum Gasteiger partial charge on any atom is 0.471 e. The van der Waals surface area contributed by atoms with Gasteiger partial charge in [0, 0.05) is 36.7 Å². The number of likely N-dealkylation sites (tertiary alicyclic amines) is 1. The number of pyridine rings is 2. The fraction of sp³-hybridized carbons (Fsp3) is 0.333. The molecule has 1 N–H and O–H groups in total. The first kappa shape index (κ1) is 25.1. The highest BCUT2D eigenvalue weighted by atomic mass is 19.4. The highest BCUT2D eigenvalue weighted by Gasteiger charge is 2.44. The lowest BCUT2D eigenvalue weighted by atomic mass is 9.97. The Balaban J connectivity index is 1.48. The molecule has 1 aliphatic heterocycles. The Bertz CT molecular complexity index is 1280. The monoisotopic (exact) mass is 514 g/mol. The van der Waals surface area contributed by atoms with E-state index in [0.717, 1.165) is 0 Å². The molecule has 0 bridgehead atoms. The van der Waals surface area contributed by atoms with Gasteiger partial charge < -0.3 is 14.7 Å². The summed E-state index contributed by atoms with van der Waals surface area (Å²) in [4.78, 5) is 36.4. The molecule has 0 saturated carbocycles. The molecule has 1 atom stereocenters. The van der Waals surface area contributed by atoms with Crippen LogP contribution in [0.4, 0.5) is 32.0 Å². The fourth-order valence-corrected chi connectivity index (χ4v) is 3.61. The molecule has 4 heterocycles. The zero-order valence-corrected chi connectivity index (χ0v) is 18.1. The number of alkyl halides is 6. The van der Waals surface area contributed by atoms with Crippen molar-refractivity contribution in [3.05, 3.63) is 42.5 Å². The third kappa shape index (κ3) is 5.60. The number of hydrogen-bond donors (Lipinski definition) is 1. The molecule has 4 rings (SSSR count). The summed E-state index contributed by atoms with van der Waals surface area (Å²) in [7, 11) is 0. The number of nitrogens with zero attached hydrogens (tertiary/aromatic N) is 5. The van der Waals surface area contributed by atoms with E-state index in [9.17, 15) is 35.9 Å². The summed E-state index contributed by atoms with van der Waals surface area (Å²) >= 11 is 0. The van der Waals surface area contributed by atoms with Crippen molar-refractivity contribution in [1.29, 1.82) is 0 Å². The van der Waals surface area contributed by atoms with Crippen molar-refractivity contribution >= 4 is 17.5 Å². The fourth-order valence-electron chi connectivity index (χ4n) is 3.61. The molecular formula is C21H16F6N6O3. The van der Waals surface area contributed by atoms with Crippen LogP contribution in [0.1, 0.15) is 18.7 Å². The van der Waals surface area contributed by atoms with Gasteiger partial charge in [0.25, 0.3) is 0 Å². The van der Waals surface area contributed by atoms with Crippen molar-refractivity contribution in [3.63, 3.8) is 0 Å². The number of piperidine rings is 1. The van der Waals surface area contributed by atoms with Crippen molar-refractivity contribution in [3.8, 4) is 22.8 Å². The quantitative estimate of drug-likeness (QED) is 0.525. The van der Waals surface area contributed by atoms with E-state index in [0.29, 0.717) is 11.3 Å². The first-order valence-electron chi connectivity index (χ1n) is 10.4. The van der Waals surface area contributed by atoms with E-state index in [1.54, 1.807) is 0 Å². The maximum atomic E-state index is 12.7. The number of carbonyl (C=O) groups excluding carboxylic acids is 2. The van der Waals surface area contributed by atoms with Crippen LogP contribution < -0.4 is 5.32 Å². The van der Waals surface area contributed by atoms with Crippen molar-refractivity contribution in [2.75, 3.05) is 18.4 Å². The second-order valence-corrected chi connectivity index (χ2v) is 7.86. The largest absolute Gasteiger partial charge is 0.471 e. The minimum absolute atomic E-state index is 0.0889. The Morgan fingerprint density at radius 2 is 1.72 bits per heavy atom. The summed E-state index contributed by atoms with van der Waals surface area (Å²) in [5, 5.41) is 5.92. The molecule has 36 heavy (non-hydrogen) atoms. The van der Waals surface area contributed by atoms with Crippen molar-refractivity contribution < 1.29 is 40.5 Å². The first-order valence-corrected chi connectivity index (χ1v) is 10.4. The van der Waals surface area contributed by atoms with Gasteiger partial charge in [-0.15, -0.1) is 0 Å². The number of amides is 2. The minimum Gasteiger partial charge on any atom is -0.334 e. The Labute approximate surface area is 198 Å².